The SMILES string of the molecule is C[C@@H](C(=O)NC1CC1)N1CCN(Cc2cn(-c3ccccc3)nc2-c2ccccc2)CC1. The number of hydrogen-bond donors (Lipinski definition) is 1. The Morgan fingerprint density at radius 3 is 2.31 bits per heavy atom. The van der Waals surface area contributed by atoms with Crippen molar-refractivity contribution in [2.24, 2.45) is 0 Å². The summed E-state index contributed by atoms with van der Waals surface area (Å²) in [5, 5.41) is 8.08. The molecule has 2 aliphatic rings. The molecule has 6 nitrogen and oxygen atoms in total. The molecule has 1 aromatic heterocycles. The zero-order valence-corrected chi connectivity index (χ0v) is 18.7. The van der Waals surface area contributed by atoms with Gasteiger partial charge in [0, 0.05) is 56.1 Å². The molecule has 2 fully saturated rings. The number of carbonyl (C=O) groups is 1. The van der Waals surface area contributed by atoms with Crippen molar-refractivity contribution >= 4 is 5.91 Å². The van der Waals surface area contributed by atoms with Gasteiger partial charge in [-0.15, -0.1) is 0 Å². The quantitative estimate of drug-likeness (QED) is 0.626. The predicted octanol–water partition coefficient (Wildman–Crippen LogP) is 3.32. The summed E-state index contributed by atoms with van der Waals surface area (Å²) in [5.41, 5.74) is 4.47. The maximum Gasteiger partial charge on any atom is 0.237 e. The molecule has 2 heterocycles. The Balaban J connectivity index is 1.28. The standard InChI is InChI=1S/C26H31N5O/c1-20(26(32)27-23-12-13-23)30-16-14-29(15-17-30)18-22-19-31(24-10-6-3-7-11-24)28-25(22)21-8-4-2-5-9-21/h2-11,19-20,23H,12-18H2,1H3,(H,27,32)/t20-/m0/s1. The van der Waals surface area contributed by atoms with Crippen LogP contribution in [0.5, 0.6) is 0 Å². The second-order valence-electron chi connectivity index (χ2n) is 8.92. The maximum absolute atomic E-state index is 12.4. The van der Waals surface area contributed by atoms with Crippen LogP contribution in [0, 0.1) is 0 Å². The van der Waals surface area contributed by atoms with Crippen molar-refractivity contribution in [3.8, 4) is 16.9 Å². The fourth-order valence-corrected chi connectivity index (χ4v) is 4.34. The first-order valence-electron chi connectivity index (χ1n) is 11.6. The van der Waals surface area contributed by atoms with Gasteiger partial charge in [-0.3, -0.25) is 14.6 Å². The lowest BCUT2D eigenvalue weighted by atomic mass is 10.1. The molecule has 1 N–H and O–H groups in total. The van der Waals surface area contributed by atoms with E-state index in [0.29, 0.717) is 6.04 Å². The molecule has 1 saturated carbocycles. The lowest BCUT2D eigenvalue weighted by molar-refractivity contribution is -0.126. The highest BCUT2D eigenvalue weighted by Gasteiger charge is 2.30. The molecule has 1 aliphatic carbocycles. The molecule has 0 unspecified atom stereocenters. The Hall–Kier alpha value is -2.96. The minimum absolute atomic E-state index is 0.0570. The summed E-state index contributed by atoms with van der Waals surface area (Å²) < 4.78 is 1.98. The van der Waals surface area contributed by atoms with Crippen LogP contribution in [0.2, 0.25) is 0 Å². The normalized spacial score (nSPS) is 18.4. The van der Waals surface area contributed by atoms with Gasteiger partial charge in [-0.1, -0.05) is 48.5 Å². The van der Waals surface area contributed by atoms with Gasteiger partial charge >= 0.3 is 0 Å². The van der Waals surface area contributed by atoms with Crippen molar-refractivity contribution in [1.29, 1.82) is 0 Å². The molecule has 166 valence electrons. The first kappa shape index (κ1) is 20.9. The molecular formula is C26H31N5O. The summed E-state index contributed by atoms with van der Waals surface area (Å²) in [6.45, 7) is 6.61. The van der Waals surface area contributed by atoms with Crippen LogP contribution in [0.15, 0.2) is 66.9 Å². The van der Waals surface area contributed by atoms with Gasteiger partial charge in [0.15, 0.2) is 0 Å². The molecule has 1 aliphatic heterocycles. The minimum atomic E-state index is -0.0570. The van der Waals surface area contributed by atoms with Crippen LogP contribution in [-0.4, -0.2) is 63.8 Å². The number of nitrogens with zero attached hydrogens (tertiary/aromatic N) is 4. The van der Waals surface area contributed by atoms with Gasteiger partial charge in [-0.05, 0) is 31.9 Å². The van der Waals surface area contributed by atoms with Crippen LogP contribution in [0.4, 0.5) is 0 Å². The summed E-state index contributed by atoms with van der Waals surface area (Å²) in [5.74, 6) is 0.177. The van der Waals surface area contributed by atoms with Crippen LogP contribution >= 0.6 is 0 Å². The third-order valence-electron chi connectivity index (χ3n) is 6.51. The molecule has 2 aromatic carbocycles. The Kier molecular flexibility index (Phi) is 6.06. The van der Waals surface area contributed by atoms with Gasteiger partial charge in [0.1, 0.15) is 0 Å². The zero-order valence-electron chi connectivity index (χ0n) is 18.7. The Morgan fingerprint density at radius 2 is 1.66 bits per heavy atom. The first-order valence-corrected chi connectivity index (χ1v) is 11.6. The van der Waals surface area contributed by atoms with Gasteiger partial charge in [0.2, 0.25) is 5.91 Å². The summed E-state index contributed by atoms with van der Waals surface area (Å²) in [4.78, 5) is 17.2. The topological polar surface area (TPSA) is 53.4 Å². The zero-order chi connectivity index (χ0) is 21.9. The van der Waals surface area contributed by atoms with Crippen molar-refractivity contribution < 1.29 is 4.79 Å². The van der Waals surface area contributed by atoms with E-state index >= 15 is 0 Å². The average Bonchev–Trinajstić information content (AvgIpc) is 3.56. The van der Waals surface area contributed by atoms with E-state index in [1.807, 2.05) is 35.9 Å². The number of rotatable bonds is 7. The maximum atomic E-state index is 12.4. The van der Waals surface area contributed by atoms with Crippen molar-refractivity contribution in [3.05, 3.63) is 72.4 Å². The second-order valence-corrected chi connectivity index (χ2v) is 8.92. The summed E-state index contributed by atoms with van der Waals surface area (Å²) in [6.07, 6.45) is 4.43. The van der Waals surface area contributed by atoms with Crippen LogP contribution < -0.4 is 5.32 Å². The monoisotopic (exact) mass is 429 g/mol. The summed E-state index contributed by atoms with van der Waals surface area (Å²) >= 11 is 0. The van der Waals surface area contributed by atoms with E-state index < -0.39 is 0 Å². The average molecular weight is 430 g/mol. The van der Waals surface area contributed by atoms with Crippen molar-refractivity contribution in [2.75, 3.05) is 26.2 Å². The highest BCUT2D eigenvalue weighted by molar-refractivity contribution is 5.81. The third-order valence-corrected chi connectivity index (χ3v) is 6.51. The van der Waals surface area contributed by atoms with E-state index in [-0.39, 0.29) is 11.9 Å². The Morgan fingerprint density at radius 1 is 1.00 bits per heavy atom. The van der Waals surface area contributed by atoms with Gasteiger partial charge in [-0.25, -0.2) is 4.68 Å². The molecule has 3 aromatic rings. The number of carbonyl (C=O) groups excluding carboxylic acids is 1. The van der Waals surface area contributed by atoms with E-state index in [4.69, 9.17) is 5.10 Å². The number of nitrogens with one attached hydrogen (secondary N) is 1. The molecule has 1 amide bonds. The molecular weight excluding hydrogens is 398 g/mol. The summed E-state index contributed by atoms with van der Waals surface area (Å²) in [7, 11) is 0. The van der Waals surface area contributed by atoms with Gasteiger partial charge < -0.3 is 5.32 Å². The Bertz CT molecular complexity index is 1040. The van der Waals surface area contributed by atoms with E-state index in [1.165, 1.54) is 5.56 Å². The summed E-state index contributed by atoms with van der Waals surface area (Å²) in [6, 6.07) is 21.0. The van der Waals surface area contributed by atoms with E-state index in [1.54, 1.807) is 0 Å². The molecule has 0 radical (unpaired) electrons. The number of benzene rings is 2. The number of piperazine rings is 1. The smallest absolute Gasteiger partial charge is 0.237 e. The molecule has 0 bridgehead atoms. The van der Waals surface area contributed by atoms with Crippen LogP contribution in [0.1, 0.15) is 25.3 Å². The minimum Gasteiger partial charge on any atom is -0.352 e. The van der Waals surface area contributed by atoms with Gasteiger partial charge in [0.25, 0.3) is 0 Å². The fourth-order valence-electron chi connectivity index (χ4n) is 4.34. The first-order chi connectivity index (χ1) is 15.7. The molecule has 1 saturated heterocycles. The number of aromatic nitrogens is 2. The van der Waals surface area contributed by atoms with Gasteiger partial charge in [0.05, 0.1) is 17.4 Å². The van der Waals surface area contributed by atoms with E-state index in [0.717, 1.165) is 62.5 Å². The van der Waals surface area contributed by atoms with Gasteiger partial charge in [-0.2, -0.15) is 5.10 Å². The van der Waals surface area contributed by atoms with E-state index in [2.05, 4.69) is 57.7 Å². The van der Waals surface area contributed by atoms with E-state index in [9.17, 15) is 4.79 Å². The molecule has 0 spiro atoms. The molecule has 6 heteroatoms. The lowest BCUT2D eigenvalue weighted by Gasteiger charge is -2.37. The highest BCUT2D eigenvalue weighted by Crippen LogP contribution is 2.25. The molecule has 1 atom stereocenters. The fraction of sp³-hybridized carbons (Fsp3) is 0.385. The second kappa shape index (κ2) is 9.27. The van der Waals surface area contributed by atoms with Crippen LogP contribution in [-0.2, 0) is 11.3 Å². The highest BCUT2D eigenvalue weighted by atomic mass is 16.2. The molecule has 32 heavy (non-hydrogen) atoms. The third kappa shape index (κ3) is 4.76. The van der Waals surface area contributed by atoms with Crippen LogP contribution in [0.3, 0.4) is 0 Å². The van der Waals surface area contributed by atoms with Crippen molar-refractivity contribution in [3.63, 3.8) is 0 Å². The largest absolute Gasteiger partial charge is 0.352 e. The predicted molar refractivity (Wildman–Crippen MR) is 126 cm³/mol. The number of amides is 1. The number of hydrogen-bond acceptors (Lipinski definition) is 4. The molecule has 5 rings (SSSR count). The van der Waals surface area contributed by atoms with Crippen molar-refractivity contribution in [2.45, 2.75) is 38.4 Å². The Labute approximate surface area is 189 Å². The van der Waals surface area contributed by atoms with Crippen molar-refractivity contribution in [1.82, 2.24) is 24.9 Å². The van der Waals surface area contributed by atoms with Crippen LogP contribution in [0.25, 0.3) is 16.9 Å². The number of para-hydroxylation sites is 1. The lowest BCUT2D eigenvalue weighted by Crippen LogP contribution is -2.53.